The van der Waals surface area contributed by atoms with Crippen LogP contribution in [0.15, 0.2) is 36.5 Å². The van der Waals surface area contributed by atoms with Gasteiger partial charge in [0.05, 0.1) is 0 Å². The van der Waals surface area contributed by atoms with Gasteiger partial charge in [-0.3, -0.25) is 9.48 Å². The van der Waals surface area contributed by atoms with E-state index in [0.29, 0.717) is 18.8 Å². The largest absolute Gasteiger partial charge is 0.330 e. The van der Waals surface area contributed by atoms with Crippen LogP contribution in [0.3, 0.4) is 0 Å². The van der Waals surface area contributed by atoms with Crippen molar-refractivity contribution in [3.63, 3.8) is 0 Å². The van der Waals surface area contributed by atoms with Gasteiger partial charge in [0.15, 0.2) is 0 Å². The quantitative estimate of drug-likeness (QED) is 0.814. The lowest BCUT2D eigenvalue weighted by Crippen LogP contribution is -2.14. The Balaban J connectivity index is 2.29. The summed E-state index contributed by atoms with van der Waals surface area (Å²) in [6, 6.07) is 9.34. The van der Waals surface area contributed by atoms with Gasteiger partial charge < -0.3 is 5.73 Å². The molecule has 2 aromatic rings. The molecule has 1 aromatic carbocycles. The van der Waals surface area contributed by atoms with Gasteiger partial charge in [-0.25, -0.2) is 0 Å². The molecule has 0 bridgehead atoms. The minimum atomic E-state index is 0.0163. The number of carbonyl (C=O) groups excluding carboxylic acids is 1. The van der Waals surface area contributed by atoms with Crippen LogP contribution in [0, 0.1) is 6.92 Å². The van der Waals surface area contributed by atoms with Gasteiger partial charge in [0, 0.05) is 18.3 Å². The van der Waals surface area contributed by atoms with Gasteiger partial charge in [-0.2, -0.15) is 5.10 Å². The number of nitrogens with zero attached hydrogens (tertiary/aromatic N) is 2. The standard InChI is InChI=1S/C14H17N3O/c1-11-5-2-3-6-12(11)14(18)13-7-9-16-17(13)10-4-8-15/h2-3,5-7,9H,4,8,10,15H2,1H3. The molecule has 0 aliphatic heterocycles. The number of ketones is 1. The first-order valence-electron chi connectivity index (χ1n) is 6.06. The fraction of sp³-hybridized carbons (Fsp3) is 0.286. The molecule has 1 aromatic heterocycles. The van der Waals surface area contributed by atoms with Crippen LogP contribution in [0.1, 0.15) is 28.0 Å². The molecule has 2 N–H and O–H groups in total. The third-order valence-corrected chi connectivity index (χ3v) is 2.91. The maximum absolute atomic E-state index is 12.4. The maximum atomic E-state index is 12.4. The van der Waals surface area contributed by atoms with Gasteiger partial charge >= 0.3 is 0 Å². The highest BCUT2D eigenvalue weighted by molar-refractivity contribution is 6.08. The van der Waals surface area contributed by atoms with Crippen molar-refractivity contribution in [3.8, 4) is 0 Å². The summed E-state index contributed by atoms with van der Waals surface area (Å²) < 4.78 is 1.72. The molecule has 0 atom stereocenters. The minimum Gasteiger partial charge on any atom is -0.330 e. The van der Waals surface area contributed by atoms with E-state index >= 15 is 0 Å². The molecule has 0 saturated heterocycles. The van der Waals surface area contributed by atoms with E-state index in [1.54, 1.807) is 16.9 Å². The van der Waals surface area contributed by atoms with Crippen LogP contribution in [-0.2, 0) is 6.54 Å². The van der Waals surface area contributed by atoms with E-state index in [1.807, 2.05) is 31.2 Å². The van der Waals surface area contributed by atoms with E-state index in [1.165, 1.54) is 0 Å². The minimum absolute atomic E-state index is 0.0163. The molecule has 2 rings (SSSR count). The number of aryl methyl sites for hydroxylation is 2. The van der Waals surface area contributed by atoms with Crippen molar-refractivity contribution in [3.05, 3.63) is 53.3 Å². The van der Waals surface area contributed by atoms with Crippen molar-refractivity contribution in [2.75, 3.05) is 6.54 Å². The monoisotopic (exact) mass is 243 g/mol. The highest BCUT2D eigenvalue weighted by Crippen LogP contribution is 2.13. The Morgan fingerprint density at radius 2 is 2.11 bits per heavy atom. The van der Waals surface area contributed by atoms with Crippen LogP contribution < -0.4 is 5.73 Å². The Morgan fingerprint density at radius 3 is 2.83 bits per heavy atom. The third kappa shape index (κ3) is 2.49. The number of benzene rings is 1. The van der Waals surface area contributed by atoms with Crippen LogP contribution in [0.2, 0.25) is 0 Å². The average Bonchev–Trinajstić information content (AvgIpc) is 2.84. The van der Waals surface area contributed by atoms with E-state index in [2.05, 4.69) is 5.10 Å². The molecule has 4 nitrogen and oxygen atoms in total. The maximum Gasteiger partial charge on any atom is 0.211 e. The molecule has 18 heavy (non-hydrogen) atoms. The van der Waals surface area contributed by atoms with Gasteiger partial charge in [-0.05, 0) is 31.5 Å². The Kier molecular flexibility index (Phi) is 3.89. The lowest BCUT2D eigenvalue weighted by atomic mass is 10.0. The number of nitrogens with two attached hydrogens (primary N) is 1. The van der Waals surface area contributed by atoms with Crippen molar-refractivity contribution in [1.29, 1.82) is 0 Å². The number of rotatable bonds is 5. The van der Waals surface area contributed by atoms with Crippen molar-refractivity contribution < 1.29 is 4.79 Å². The Hall–Kier alpha value is -1.94. The normalized spacial score (nSPS) is 10.6. The molecule has 0 radical (unpaired) electrons. The first-order chi connectivity index (χ1) is 8.74. The summed E-state index contributed by atoms with van der Waals surface area (Å²) in [6.45, 7) is 3.21. The van der Waals surface area contributed by atoms with E-state index < -0.39 is 0 Å². The van der Waals surface area contributed by atoms with Gasteiger partial charge in [0.1, 0.15) is 5.69 Å². The second-order valence-electron chi connectivity index (χ2n) is 4.23. The number of carbonyl (C=O) groups is 1. The fourth-order valence-corrected chi connectivity index (χ4v) is 1.91. The predicted octanol–water partition coefficient (Wildman–Crippen LogP) is 1.77. The molecule has 0 amide bonds. The summed E-state index contributed by atoms with van der Waals surface area (Å²) in [6.07, 6.45) is 2.47. The van der Waals surface area contributed by atoms with Crippen molar-refractivity contribution in [1.82, 2.24) is 9.78 Å². The second kappa shape index (κ2) is 5.60. The first kappa shape index (κ1) is 12.5. The Morgan fingerprint density at radius 1 is 1.33 bits per heavy atom. The zero-order valence-electron chi connectivity index (χ0n) is 10.5. The van der Waals surface area contributed by atoms with Crippen LogP contribution in [0.4, 0.5) is 0 Å². The number of hydrogen-bond acceptors (Lipinski definition) is 3. The van der Waals surface area contributed by atoms with Crippen molar-refractivity contribution >= 4 is 5.78 Å². The molecule has 94 valence electrons. The molecule has 4 heteroatoms. The molecule has 0 spiro atoms. The average molecular weight is 243 g/mol. The summed E-state index contributed by atoms with van der Waals surface area (Å²) in [5.74, 6) is 0.0163. The number of hydrogen-bond donors (Lipinski definition) is 1. The molecular formula is C14H17N3O. The fourth-order valence-electron chi connectivity index (χ4n) is 1.91. The molecule has 0 unspecified atom stereocenters. The SMILES string of the molecule is Cc1ccccc1C(=O)c1ccnn1CCCN. The van der Waals surface area contributed by atoms with E-state index in [4.69, 9.17) is 5.73 Å². The topological polar surface area (TPSA) is 60.9 Å². The van der Waals surface area contributed by atoms with E-state index in [9.17, 15) is 4.79 Å². The van der Waals surface area contributed by atoms with Gasteiger partial charge in [0.2, 0.25) is 5.78 Å². The van der Waals surface area contributed by atoms with Crippen LogP contribution in [0.25, 0.3) is 0 Å². The predicted molar refractivity (Wildman–Crippen MR) is 70.5 cm³/mol. The van der Waals surface area contributed by atoms with Crippen LogP contribution >= 0.6 is 0 Å². The van der Waals surface area contributed by atoms with Gasteiger partial charge in [0.25, 0.3) is 0 Å². The van der Waals surface area contributed by atoms with Crippen LogP contribution in [0.5, 0.6) is 0 Å². The molecule has 0 fully saturated rings. The molecule has 1 heterocycles. The molecule has 0 aliphatic carbocycles. The molecular weight excluding hydrogens is 226 g/mol. The molecule has 0 saturated carbocycles. The zero-order chi connectivity index (χ0) is 13.0. The lowest BCUT2D eigenvalue weighted by molar-refractivity contribution is 0.102. The zero-order valence-corrected chi connectivity index (χ0v) is 10.5. The Labute approximate surface area is 106 Å². The summed E-state index contributed by atoms with van der Waals surface area (Å²) in [4.78, 5) is 12.4. The smallest absolute Gasteiger partial charge is 0.211 e. The summed E-state index contributed by atoms with van der Waals surface area (Å²) >= 11 is 0. The van der Waals surface area contributed by atoms with E-state index in [-0.39, 0.29) is 5.78 Å². The van der Waals surface area contributed by atoms with E-state index in [0.717, 1.165) is 17.5 Å². The van der Waals surface area contributed by atoms with Crippen LogP contribution in [-0.4, -0.2) is 22.1 Å². The first-order valence-corrected chi connectivity index (χ1v) is 6.06. The van der Waals surface area contributed by atoms with Gasteiger partial charge in [-0.15, -0.1) is 0 Å². The summed E-state index contributed by atoms with van der Waals surface area (Å²) in [5.41, 5.74) is 7.81. The van der Waals surface area contributed by atoms with Gasteiger partial charge in [-0.1, -0.05) is 24.3 Å². The number of aromatic nitrogens is 2. The summed E-state index contributed by atoms with van der Waals surface area (Å²) in [7, 11) is 0. The second-order valence-corrected chi connectivity index (χ2v) is 4.23. The van der Waals surface area contributed by atoms with Crippen molar-refractivity contribution in [2.24, 2.45) is 5.73 Å². The third-order valence-electron chi connectivity index (χ3n) is 2.91. The highest BCUT2D eigenvalue weighted by atomic mass is 16.1. The lowest BCUT2D eigenvalue weighted by Gasteiger charge is -2.07. The molecule has 0 aliphatic rings. The summed E-state index contributed by atoms with van der Waals surface area (Å²) in [5, 5.41) is 4.17. The highest BCUT2D eigenvalue weighted by Gasteiger charge is 2.15. The van der Waals surface area contributed by atoms with Crippen molar-refractivity contribution in [2.45, 2.75) is 19.9 Å². The Bertz CT molecular complexity index is 545.